The molecule has 0 N–H and O–H groups in total. The van der Waals surface area contributed by atoms with Crippen LogP contribution < -0.4 is 18.9 Å². The lowest BCUT2D eigenvalue weighted by Crippen LogP contribution is -2.28. The van der Waals surface area contributed by atoms with E-state index in [-0.39, 0.29) is 13.2 Å². The molecule has 0 bridgehead atoms. The largest absolute Gasteiger partial charge is 0.497 e. The second kappa shape index (κ2) is 17.3. The van der Waals surface area contributed by atoms with Crippen molar-refractivity contribution in [3.05, 3.63) is 97.1 Å². The molecule has 0 atom stereocenters. The Morgan fingerprint density at radius 1 is 0.489 bits per heavy atom. The summed E-state index contributed by atoms with van der Waals surface area (Å²) in [7, 11) is 3.29. The Bertz CT molecular complexity index is 1350. The minimum atomic E-state index is -0.956. The molecule has 0 aliphatic carbocycles. The summed E-state index contributed by atoms with van der Waals surface area (Å²) >= 11 is 0. The number of hydrogen-bond donors (Lipinski definition) is 0. The van der Waals surface area contributed by atoms with Gasteiger partial charge in [-0.3, -0.25) is 9.59 Å². The molecular formula is C37H40O8. The smallest absolute Gasteiger partial charge is 0.320 e. The number of methoxy groups -OCH3 is 2. The van der Waals surface area contributed by atoms with Crippen molar-refractivity contribution >= 4 is 11.9 Å². The molecule has 0 aliphatic heterocycles. The molecule has 0 unspecified atom stereocenters. The summed E-state index contributed by atoms with van der Waals surface area (Å²) in [5.74, 6) is 0.952. The normalized spacial score (nSPS) is 10.7. The van der Waals surface area contributed by atoms with Gasteiger partial charge in [0.15, 0.2) is 5.92 Å². The van der Waals surface area contributed by atoms with E-state index in [0.29, 0.717) is 32.5 Å². The zero-order valence-electron chi connectivity index (χ0n) is 26.0. The number of carbonyl (C=O) groups is 2. The predicted octanol–water partition coefficient (Wildman–Crippen LogP) is 7.39. The van der Waals surface area contributed by atoms with Crippen molar-refractivity contribution in [3.8, 4) is 45.3 Å². The molecule has 4 rings (SSSR count). The van der Waals surface area contributed by atoms with Crippen molar-refractivity contribution in [2.75, 3.05) is 40.6 Å². The molecule has 8 heteroatoms. The van der Waals surface area contributed by atoms with Crippen LogP contribution in [0.3, 0.4) is 0 Å². The second-order valence-corrected chi connectivity index (χ2v) is 10.2. The van der Waals surface area contributed by atoms with Crippen molar-refractivity contribution in [3.63, 3.8) is 0 Å². The number of esters is 2. The van der Waals surface area contributed by atoms with Crippen LogP contribution in [0.1, 0.15) is 26.2 Å². The Morgan fingerprint density at radius 3 is 1.09 bits per heavy atom. The van der Waals surface area contributed by atoms with Crippen LogP contribution in [0.15, 0.2) is 97.1 Å². The third-order valence-electron chi connectivity index (χ3n) is 7.14. The highest BCUT2D eigenvalue weighted by Crippen LogP contribution is 2.26. The lowest BCUT2D eigenvalue weighted by atomic mass is 10.1. The summed E-state index contributed by atoms with van der Waals surface area (Å²) in [6.07, 6.45) is 1.29. The van der Waals surface area contributed by atoms with E-state index in [1.165, 1.54) is 0 Å². The minimum absolute atomic E-state index is 0.150. The van der Waals surface area contributed by atoms with E-state index in [1.54, 1.807) is 21.1 Å². The molecule has 45 heavy (non-hydrogen) atoms. The molecule has 0 fully saturated rings. The molecule has 4 aromatic carbocycles. The van der Waals surface area contributed by atoms with Crippen molar-refractivity contribution in [2.45, 2.75) is 26.2 Å². The van der Waals surface area contributed by atoms with Gasteiger partial charge in [0.1, 0.15) is 23.0 Å². The summed E-state index contributed by atoms with van der Waals surface area (Å²) in [5.41, 5.74) is 4.30. The first kappa shape index (κ1) is 32.9. The molecule has 0 amide bonds. The van der Waals surface area contributed by atoms with Crippen molar-refractivity contribution in [1.82, 2.24) is 0 Å². The van der Waals surface area contributed by atoms with Crippen molar-refractivity contribution in [2.24, 2.45) is 5.92 Å². The highest BCUT2D eigenvalue weighted by molar-refractivity contribution is 5.94. The summed E-state index contributed by atoms with van der Waals surface area (Å²) in [6.45, 7) is 2.81. The SMILES string of the molecule is CCC(C(=O)OCCCOc1ccc(-c2ccc(OC)cc2)cc1)C(=O)OCCCOc1ccc(-c2ccc(OC)cc2)cc1. The summed E-state index contributed by atoms with van der Waals surface area (Å²) in [5, 5.41) is 0. The lowest BCUT2D eigenvalue weighted by Gasteiger charge is -2.14. The first-order valence-electron chi connectivity index (χ1n) is 15.1. The van der Waals surface area contributed by atoms with E-state index >= 15 is 0 Å². The standard InChI is InChI=1S/C37H40O8/c1-4-35(36(38)44-25-5-23-42-33-19-11-29(12-20-33)27-7-15-31(40-2)16-8-27)37(39)45-26-6-24-43-34-21-13-30(14-22-34)28-9-17-32(41-3)18-10-28/h7-22,35H,4-6,23-26H2,1-3H3. The minimum Gasteiger partial charge on any atom is -0.497 e. The van der Waals surface area contributed by atoms with Crippen LogP contribution in [0.4, 0.5) is 0 Å². The summed E-state index contributed by atoms with van der Waals surface area (Å²) < 4.78 is 32.6. The Labute approximate surface area is 264 Å². The number of benzene rings is 4. The summed E-state index contributed by atoms with van der Waals surface area (Å²) in [4.78, 5) is 25.0. The first-order chi connectivity index (χ1) is 22.0. The summed E-state index contributed by atoms with van der Waals surface area (Å²) in [6, 6.07) is 31.3. The molecular weight excluding hydrogens is 572 g/mol. The second-order valence-electron chi connectivity index (χ2n) is 10.2. The van der Waals surface area contributed by atoms with E-state index in [2.05, 4.69) is 0 Å². The molecule has 0 saturated heterocycles. The molecule has 0 saturated carbocycles. The van der Waals surface area contributed by atoms with Gasteiger partial charge in [-0.1, -0.05) is 55.5 Å². The van der Waals surface area contributed by atoms with Gasteiger partial charge in [0.2, 0.25) is 0 Å². The molecule has 8 nitrogen and oxygen atoms in total. The van der Waals surface area contributed by atoms with Gasteiger partial charge in [-0.05, 0) is 77.2 Å². The van der Waals surface area contributed by atoms with Gasteiger partial charge < -0.3 is 28.4 Å². The number of hydrogen-bond acceptors (Lipinski definition) is 8. The fraction of sp³-hybridized carbons (Fsp3) is 0.297. The molecule has 4 aromatic rings. The van der Waals surface area contributed by atoms with Crippen molar-refractivity contribution in [1.29, 1.82) is 0 Å². The Hall–Kier alpha value is -4.98. The van der Waals surface area contributed by atoms with Gasteiger partial charge in [0.25, 0.3) is 0 Å². The molecule has 0 aliphatic rings. The molecule has 236 valence electrons. The Morgan fingerprint density at radius 2 is 0.800 bits per heavy atom. The average molecular weight is 613 g/mol. The zero-order valence-corrected chi connectivity index (χ0v) is 26.0. The van der Waals surface area contributed by atoms with E-state index in [4.69, 9.17) is 28.4 Å². The third kappa shape index (κ3) is 10.0. The van der Waals surface area contributed by atoms with Crippen LogP contribution >= 0.6 is 0 Å². The van der Waals surface area contributed by atoms with E-state index in [9.17, 15) is 9.59 Å². The number of rotatable bonds is 17. The average Bonchev–Trinajstić information content (AvgIpc) is 3.09. The monoisotopic (exact) mass is 612 g/mol. The maximum atomic E-state index is 12.5. The van der Waals surface area contributed by atoms with Crippen molar-refractivity contribution < 1.29 is 38.0 Å². The van der Waals surface area contributed by atoms with Crippen LogP contribution in [0.2, 0.25) is 0 Å². The quantitative estimate of drug-likeness (QED) is 0.0693. The predicted molar refractivity (Wildman–Crippen MR) is 173 cm³/mol. The first-order valence-corrected chi connectivity index (χ1v) is 15.1. The topological polar surface area (TPSA) is 89.5 Å². The van der Waals surface area contributed by atoms with Gasteiger partial charge in [0, 0.05) is 12.8 Å². The van der Waals surface area contributed by atoms with Crippen LogP contribution in [0.25, 0.3) is 22.3 Å². The number of carbonyl (C=O) groups excluding carboxylic acids is 2. The van der Waals surface area contributed by atoms with Crippen LogP contribution in [0.5, 0.6) is 23.0 Å². The lowest BCUT2D eigenvalue weighted by molar-refractivity contribution is -0.162. The van der Waals surface area contributed by atoms with Gasteiger partial charge in [-0.2, -0.15) is 0 Å². The number of ether oxygens (including phenoxy) is 6. The maximum absolute atomic E-state index is 12.5. The molecule has 0 heterocycles. The van der Waals surface area contributed by atoms with Gasteiger partial charge in [-0.25, -0.2) is 0 Å². The highest BCUT2D eigenvalue weighted by atomic mass is 16.6. The van der Waals surface area contributed by atoms with Gasteiger partial charge >= 0.3 is 11.9 Å². The van der Waals surface area contributed by atoms with E-state index < -0.39 is 17.9 Å². The molecule has 0 aromatic heterocycles. The van der Waals surface area contributed by atoms with Crippen LogP contribution in [0, 0.1) is 5.92 Å². The maximum Gasteiger partial charge on any atom is 0.320 e. The fourth-order valence-corrected chi connectivity index (χ4v) is 4.53. The third-order valence-corrected chi connectivity index (χ3v) is 7.14. The Kier molecular flexibility index (Phi) is 12.7. The fourth-order valence-electron chi connectivity index (χ4n) is 4.53. The van der Waals surface area contributed by atoms with E-state index in [0.717, 1.165) is 45.3 Å². The van der Waals surface area contributed by atoms with E-state index in [1.807, 2.05) is 97.1 Å². The van der Waals surface area contributed by atoms with Crippen LogP contribution in [-0.2, 0) is 19.1 Å². The Balaban J connectivity index is 1.08. The van der Waals surface area contributed by atoms with Gasteiger partial charge in [0.05, 0.1) is 40.6 Å². The highest BCUT2D eigenvalue weighted by Gasteiger charge is 2.27. The van der Waals surface area contributed by atoms with Gasteiger partial charge in [-0.15, -0.1) is 0 Å². The molecule has 0 spiro atoms. The van der Waals surface area contributed by atoms with Crippen LogP contribution in [-0.4, -0.2) is 52.6 Å². The zero-order chi connectivity index (χ0) is 31.9. The molecule has 0 radical (unpaired) electrons.